The summed E-state index contributed by atoms with van der Waals surface area (Å²) >= 11 is 1.39. The highest BCUT2D eigenvalue weighted by Crippen LogP contribution is 2.39. The third-order valence-corrected chi connectivity index (χ3v) is 5.85. The van der Waals surface area contributed by atoms with Crippen LogP contribution in [0.3, 0.4) is 0 Å². The van der Waals surface area contributed by atoms with Crippen molar-refractivity contribution >= 4 is 16.3 Å². The van der Waals surface area contributed by atoms with Crippen LogP contribution in [0, 0.1) is 5.82 Å². The third kappa shape index (κ3) is 3.18. The van der Waals surface area contributed by atoms with Gasteiger partial charge < -0.3 is 10.2 Å². The van der Waals surface area contributed by atoms with Crippen molar-refractivity contribution in [1.29, 1.82) is 0 Å². The Kier molecular flexibility index (Phi) is 4.86. The van der Waals surface area contributed by atoms with E-state index in [2.05, 4.69) is 19.9 Å². The van der Waals surface area contributed by atoms with E-state index >= 15 is 0 Å². The standard InChI is InChI=1S/C17H20FN5O2S/c18-13-3-1-12(2-4-13)14(22-7-5-21(6-8-22)9-10-24)15-16(25)23-17(26-15)19-11-20-23/h1-4,11,14,24-25H,5-10H2/t14-/m1/s1. The van der Waals surface area contributed by atoms with Crippen LogP contribution in [0.1, 0.15) is 16.5 Å². The Morgan fingerprint density at radius 1 is 1.15 bits per heavy atom. The molecule has 2 aromatic heterocycles. The van der Waals surface area contributed by atoms with Crippen LogP contribution in [0.4, 0.5) is 4.39 Å². The van der Waals surface area contributed by atoms with E-state index in [4.69, 9.17) is 5.11 Å². The highest BCUT2D eigenvalue weighted by atomic mass is 32.1. The Balaban J connectivity index is 1.69. The number of aliphatic hydroxyl groups is 1. The Morgan fingerprint density at radius 3 is 2.54 bits per heavy atom. The van der Waals surface area contributed by atoms with E-state index in [1.54, 1.807) is 12.1 Å². The van der Waals surface area contributed by atoms with Gasteiger partial charge in [0.25, 0.3) is 0 Å². The van der Waals surface area contributed by atoms with Gasteiger partial charge in [-0.15, -0.1) is 0 Å². The minimum Gasteiger partial charge on any atom is -0.492 e. The summed E-state index contributed by atoms with van der Waals surface area (Å²) in [5.74, 6) is -0.207. The van der Waals surface area contributed by atoms with Crippen molar-refractivity contribution in [3.05, 3.63) is 46.9 Å². The molecule has 0 radical (unpaired) electrons. The van der Waals surface area contributed by atoms with Gasteiger partial charge in [-0.25, -0.2) is 9.37 Å². The zero-order valence-corrected chi connectivity index (χ0v) is 14.9. The quantitative estimate of drug-likeness (QED) is 0.699. The van der Waals surface area contributed by atoms with Crippen molar-refractivity contribution < 1.29 is 14.6 Å². The molecule has 1 fully saturated rings. The summed E-state index contributed by atoms with van der Waals surface area (Å²) in [6.45, 7) is 4.05. The first-order valence-corrected chi connectivity index (χ1v) is 9.33. The number of aromatic hydroxyl groups is 1. The van der Waals surface area contributed by atoms with Crippen LogP contribution < -0.4 is 0 Å². The van der Waals surface area contributed by atoms with Crippen molar-refractivity contribution in [3.8, 4) is 5.88 Å². The maximum absolute atomic E-state index is 13.4. The lowest BCUT2D eigenvalue weighted by atomic mass is 10.0. The summed E-state index contributed by atoms with van der Waals surface area (Å²) in [5, 5.41) is 23.9. The van der Waals surface area contributed by atoms with E-state index in [0.29, 0.717) is 11.5 Å². The smallest absolute Gasteiger partial charge is 0.230 e. The summed E-state index contributed by atoms with van der Waals surface area (Å²) < 4.78 is 14.8. The summed E-state index contributed by atoms with van der Waals surface area (Å²) in [7, 11) is 0. The molecule has 26 heavy (non-hydrogen) atoms. The van der Waals surface area contributed by atoms with Crippen LogP contribution in [0.15, 0.2) is 30.6 Å². The normalized spacial score (nSPS) is 17.8. The summed E-state index contributed by atoms with van der Waals surface area (Å²) in [5.41, 5.74) is 0.918. The number of fused-ring (bicyclic) bond motifs is 1. The Labute approximate surface area is 153 Å². The monoisotopic (exact) mass is 377 g/mol. The maximum Gasteiger partial charge on any atom is 0.230 e. The van der Waals surface area contributed by atoms with Gasteiger partial charge in [0.2, 0.25) is 10.8 Å². The van der Waals surface area contributed by atoms with Crippen LogP contribution in [0.2, 0.25) is 0 Å². The molecule has 1 aliphatic heterocycles. The molecule has 7 nitrogen and oxygen atoms in total. The second-order valence-electron chi connectivity index (χ2n) is 6.30. The van der Waals surface area contributed by atoms with Crippen molar-refractivity contribution in [2.45, 2.75) is 6.04 Å². The average Bonchev–Trinajstić information content (AvgIpc) is 3.22. The molecular weight excluding hydrogens is 357 g/mol. The van der Waals surface area contributed by atoms with E-state index in [1.807, 2.05) is 0 Å². The number of hydrogen-bond donors (Lipinski definition) is 2. The molecule has 0 saturated carbocycles. The van der Waals surface area contributed by atoms with Gasteiger partial charge in [-0.3, -0.25) is 9.80 Å². The van der Waals surface area contributed by atoms with Gasteiger partial charge in [0, 0.05) is 32.7 Å². The van der Waals surface area contributed by atoms with E-state index in [1.165, 1.54) is 34.3 Å². The summed E-state index contributed by atoms with van der Waals surface area (Å²) in [6, 6.07) is 6.21. The maximum atomic E-state index is 13.4. The Hall–Kier alpha value is -2.07. The fraction of sp³-hybridized carbons (Fsp3) is 0.412. The van der Waals surface area contributed by atoms with E-state index < -0.39 is 0 Å². The van der Waals surface area contributed by atoms with Crippen LogP contribution in [-0.2, 0) is 0 Å². The highest BCUT2D eigenvalue weighted by Gasteiger charge is 2.31. The lowest BCUT2D eigenvalue weighted by Crippen LogP contribution is -2.48. The second-order valence-corrected chi connectivity index (χ2v) is 7.31. The molecular formula is C17H20FN5O2S. The van der Waals surface area contributed by atoms with Crippen molar-refractivity contribution in [3.63, 3.8) is 0 Å². The number of β-amino-alcohol motifs (C(OH)–C–C–N with tert-alkyl or cyclic N) is 1. The number of nitrogens with zero attached hydrogens (tertiary/aromatic N) is 5. The predicted molar refractivity (Wildman–Crippen MR) is 95.9 cm³/mol. The van der Waals surface area contributed by atoms with Crippen LogP contribution in [0.5, 0.6) is 5.88 Å². The fourth-order valence-corrected chi connectivity index (χ4v) is 4.52. The molecule has 0 spiro atoms. The molecule has 0 amide bonds. The molecule has 3 aromatic rings. The van der Waals surface area contributed by atoms with Crippen LogP contribution >= 0.6 is 11.3 Å². The minimum atomic E-state index is -0.285. The molecule has 1 atom stereocenters. The fourth-order valence-electron chi connectivity index (χ4n) is 3.43. The Bertz CT molecular complexity index is 873. The predicted octanol–water partition coefficient (Wildman–Crippen LogP) is 1.33. The van der Waals surface area contributed by atoms with Gasteiger partial charge in [-0.1, -0.05) is 23.5 Å². The molecule has 1 aliphatic rings. The topological polar surface area (TPSA) is 77.1 Å². The minimum absolute atomic E-state index is 0.0783. The average molecular weight is 377 g/mol. The lowest BCUT2D eigenvalue weighted by Gasteiger charge is -2.39. The number of thiazole rings is 1. The van der Waals surface area contributed by atoms with Gasteiger partial charge in [0.05, 0.1) is 17.5 Å². The van der Waals surface area contributed by atoms with Crippen molar-refractivity contribution in [2.24, 2.45) is 0 Å². The first kappa shape index (κ1) is 17.3. The third-order valence-electron chi connectivity index (χ3n) is 4.76. The number of hydrogen-bond acceptors (Lipinski definition) is 7. The molecule has 9 heteroatoms. The van der Waals surface area contributed by atoms with Crippen molar-refractivity contribution in [2.75, 3.05) is 39.3 Å². The van der Waals surface area contributed by atoms with Crippen molar-refractivity contribution in [1.82, 2.24) is 24.4 Å². The molecule has 4 rings (SSSR count). The number of aliphatic hydroxyl groups excluding tert-OH is 1. The SMILES string of the molecule is OCCN1CCN([C@H](c2ccc(F)cc2)c2sc3ncnn3c2O)CC1. The number of piperazine rings is 1. The lowest BCUT2D eigenvalue weighted by molar-refractivity contribution is 0.0945. The number of aromatic nitrogens is 3. The zero-order valence-electron chi connectivity index (χ0n) is 14.1. The van der Waals surface area contributed by atoms with Gasteiger partial charge in [-0.2, -0.15) is 9.61 Å². The summed E-state index contributed by atoms with van der Waals surface area (Å²) in [4.78, 5) is 10.0. The number of halogens is 1. The van der Waals surface area contributed by atoms with Crippen LogP contribution in [-0.4, -0.2) is 73.9 Å². The van der Waals surface area contributed by atoms with E-state index in [9.17, 15) is 9.50 Å². The molecule has 0 unspecified atom stereocenters. The second kappa shape index (κ2) is 7.28. The summed E-state index contributed by atoms with van der Waals surface area (Å²) in [6.07, 6.45) is 1.41. The molecule has 1 saturated heterocycles. The zero-order chi connectivity index (χ0) is 18.1. The number of benzene rings is 1. The first-order chi connectivity index (χ1) is 12.7. The van der Waals surface area contributed by atoms with Gasteiger partial charge in [0.15, 0.2) is 0 Å². The molecule has 1 aromatic carbocycles. The largest absolute Gasteiger partial charge is 0.492 e. The molecule has 3 heterocycles. The molecule has 0 bridgehead atoms. The number of rotatable bonds is 5. The molecule has 138 valence electrons. The van der Waals surface area contributed by atoms with E-state index in [-0.39, 0.29) is 24.3 Å². The Morgan fingerprint density at radius 2 is 1.88 bits per heavy atom. The van der Waals surface area contributed by atoms with Crippen LogP contribution in [0.25, 0.3) is 4.96 Å². The molecule has 2 N–H and O–H groups in total. The molecule has 0 aliphatic carbocycles. The highest BCUT2D eigenvalue weighted by molar-refractivity contribution is 7.17. The van der Waals surface area contributed by atoms with Gasteiger partial charge >= 0.3 is 0 Å². The van der Waals surface area contributed by atoms with Gasteiger partial charge in [-0.05, 0) is 17.7 Å². The van der Waals surface area contributed by atoms with Gasteiger partial charge in [0.1, 0.15) is 12.1 Å². The van der Waals surface area contributed by atoms with E-state index in [0.717, 1.165) is 36.6 Å². The first-order valence-electron chi connectivity index (χ1n) is 8.51.